The standard InChI is InChI=1S/C7H12O2S/c1-6-2-7(3-6)4-10(8,9)5-7/h6H,2-5H2,1H3. The van der Waals surface area contributed by atoms with Gasteiger partial charge >= 0.3 is 0 Å². The second-order valence-electron chi connectivity index (χ2n) is 4.05. The molecule has 10 heavy (non-hydrogen) atoms. The predicted octanol–water partition coefficient (Wildman–Crippen LogP) is 0.831. The smallest absolute Gasteiger partial charge is 0.151 e. The van der Waals surface area contributed by atoms with Gasteiger partial charge in [0.25, 0.3) is 0 Å². The van der Waals surface area contributed by atoms with E-state index in [2.05, 4.69) is 6.92 Å². The minimum atomic E-state index is -2.57. The molecule has 0 aromatic heterocycles. The molecule has 2 rings (SSSR count). The molecule has 1 saturated carbocycles. The summed E-state index contributed by atoms with van der Waals surface area (Å²) in [4.78, 5) is 0. The van der Waals surface area contributed by atoms with Crippen LogP contribution in [0.5, 0.6) is 0 Å². The predicted molar refractivity (Wildman–Crippen MR) is 39.5 cm³/mol. The van der Waals surface area contributed by atoms with Crippen LogP contribution in [0.2, 0.25) is 0 Å². The summed E-state index contributed by atoms with van der Waals surface area (Å²) < 4.78 is 21.6. The van der Waals surface area contributed by atoms with Crippen molar-refractivity contribution in [1.82, 2.24) is 0 Å². The first-order valence-electron chi connectivity index (χ1n) is 3.72. The fourth-order valence-corrected chi connectivity index (χ4v) is 4.80. The average Bonchev–Trinajstić information content (AvgIpc) is 1.55. The molecule has 0 aromatic rings. The van der Waals surface area contributed by atoms with Crippen LogP contribution >= 0.6 is 0 Å². The molecule has 58 valence electrons. The molecule has 0 amide bonds. The molecule has 0 radical (unpaired) electrons. The lowest BCUT2D eigenvalue weighted by atomic mass is 9.64. The fourth-order valence-electron chi connectivity index (χ4n) is 2.55. The van der Waals surface area contributed by atoms with Gasteiger partial charge in [0, 0.05) is 0 Å². The summed E-state index contributed by atoms with van der Waals surface area (Å²) in [7, 11) is -2.57. The van der Waals surface area contributed by atoms with E-state index < -0.39 is 9.84 Å². The molecule has 1 saturated heterocycles. The summed E-state index contributed by atoms with van der Waals surface area (Å²) in [6.45, 7) is 2.19. The van der Waals surface area contributed by atoms with E-state index in [1.54, 1.807) is 0 Å². The van der Waals surface area contributed by atoms with Crippen molar-refractivity contribution in [2.45, 2.75) is 19.8 Å². The second kappa shape index (κ2) is 1.58. The Kier molecular flexibility index (Phi) is 1.05. The van der Waals surface area contributed by atoms with E-state index in [0.29, 0.717) is 11.5 Å². The van der Waals surface area contributed by atoms with Crippen LogP contribution in [0.25, 0.3) is 0 Å². The van der Waals surface area contributed by atoms with Gasteiger partial charge in [0.1, 0.15) is 0 Å². The highest BCUT2D eigenvalue weighted by Gasteiger charge is 2.54. The van der Waals surface area contributed by atoms with E-state index in [-0.39, 0.29) is 5.41 Å². The Hall–Kier alpha value is -0.0500. The molecule has 1 heterocycles. The third-order valence-corrected chi connectivity index (χ3v) is 4.72. The van der Waals surface area contributed by atoms with Gasteiger partial charge in [-0.3, -0.25) is 0 Å². The molecular formula is C7H12O2S. The Bertz CT molecular complexity index is 233. The minimum Gasteiger partial charge on any atom is -0.229 e. The normalized spacial score (nSPS) is 34.9. The Morgan fingerprint density at radius 2 is 1.80 bits per heavy atom. The van der Waals surface area contributed by atoms with Crippen molar-refractivity contribution in [1.29, 1.82) is 0 Å². The second-order valence-corrected chi connectivity index (χ2v) is 6.11. The molecule has 1 aliphatic carbocycles. The van der Waals surface area contributed by atoms with E-state index in [0.717, 1.165) is 18.8 Å². The van der Waals surface area contributed by atoms with Gasteiger partial charge in [-0.25, -0.2) is 8.42 Å². The summed E-state index contributed by atoms with van der Waals surface area (Å²) in [5.74, 6) is 1.73. The number of hydrogen-bond donors (Lipinski definition) is 0. The van der Waals surface area contributed by atoms with Gasteiger partial charge in [-0.1, -0.05) is 6.92 Å². The van der Waals surface area contributed by atoms with Gasteiger partial charge in [-0.15, -0.1) is 0 Å². The largest absolute Gasteiger partial charge is 0.229 e. The maximum Gasteiger partial charge on any atom is 0.151 e. The number of sulfone groups is 1. The van der Waals surface area contributed by atoms with Crippen molar-refractivity contribution in [3.63, 3.8) is 0 Å². The summed E-state index contributed by atoms with van der Waals surface area (Å²) in [5.41, 5.74) is 0.262. The first kappa shape index (κ1) is 6.65. The van der Waals surface area contributed by atoms with Crippen LogP contribution in [0, 0.1) is 11.3 Å². The maximum absolute atomic E-state index is 10.8. The maximum atomic E-state index is 10.8. The van der Waals surface area contributed by atoms with Gasteiger partial charge in [-0.05, 0) is 24.2 Å². The topological polar surface area (TPSA) is 34.1 Å². The molecule has 0 unspecified atom stereocenters. The minimum absolute atomic E-state index is 0.262. The molecule has 1 spiro atoms. The zero-order valence-corrected chi connectivity index (χ0v) is 6.95. The van der Waals surface area contributed by atoms with E-state index in [1.807, 2.05) is 0 Å². The van der Waals surface area contributed by atoms with Gasteiger partial charge in [0.05, 0.1) is 11.5 Å². The van der Waals surface area contributed by atoms with E-state index in [4.69, 9.17) is 0 Å². The van der Waals surface area contributed by atoms with Crippen molar-refractivity contribution < 1.29 is 8.42 Å². The monoisotopic (exact) mass is 160 g/mol. The van der Waals surface area contributed by atoms with Gasteiger partial charge in [0.15, 0.2) is 9.84 Å². The van der Waals surface area contributed by atoms with Crippen LogP contribution < -0.4 is 0 Å². The zero-order valence-electron chi connectivity index (χ0n) is 6.13. The molecule has 0 aromatic carbocycles. The Labute approximate surface area is 61.5 Å². The van der Waals surface area contributed by atoms with Crippen LogP contribution in [0.15, 0.2) is 0 Å². The molecule has 2 nitrogen and oxygen atoms in total. The van der Waals surface area contributed by atoms with E-state index in [1.165, 1.54) is 0 Å². The van der Waals surface area contributed by atoms with Crippen molar-refractivity contribution >= 4 is 9.84 Å². The molecule has 2 aliphatic rings. The summed E-state index contributed by atoms with van der Waals surface area (Å²) in [6, 6.07) is 0. The third-order valence-electron chi connectivity index (χ3n) is 2.62. The quantitative estimate of drug-likeness (QED) is 0.526. The molecular weight excluding hydrogens is 148 g/mol. The van der Waals surface area contributed by atoms with Crippen molar-refractivity contribution in [2.75, 3.05) is 11.5 Å². The molecule has 0 bridgehead atoms. The first-order chi connectivity index (χ1) is 4.52. The SMILES string of the molecule is CC1CC2(C1)CS(=O)(=O)C2. The highest BCUT2D eigenvalue weighted by Crippen LogP contribution is 2.52. The average molecular weight is 160 g/mol. The van der Waals surface area contributed by atoms with Crippen LogP contribution in [-0.2, 0) is 9.84 Å². The van der Waals surface area contributed by atoms with Crippen molar-refractivity contribution in [2.24, 2.45) is 11.3 Å². The lowest BCUT2D eigenvalue weighted by Crippen LogP contribution is -2.55. The Morgan fingerprint density at radius 3 is 2.10 bits per heavy atom. The zero-order chi connectivity index (χ0) is 7.41. The van der Waals surface area contributed by atoms with Gasteiger partial charge in [0.2, 0.25) is 0 Å². The molecule has 0 atom stereocenters. The molecule has 3 heteroatoms. The number of hydrogen-bond acceptors (Lipinski definition) is 2. The summed E-state index contributed by atoms with van der Waals surface area (Å²) in [6.07, 6.45) is 2.29. The molecule has 2 fully saturated rings. The Balaban J connectivity index is 2.03. The summed E-state index contributed by atoms with van der Waals surface area (Å²) in [5, 5.41) is 0. The first-order valence-corrected chi connectivity index (χ1v) is 5.54. The van der Waals surface area contributed by atoms with Crippen LogP contribution in [0.1, 0.15) is 19.8 Å². The lowest BCUT2D eigenvalue weighted by Gasteiger charge is -2.52. The number of rotatable bonds is 0. The van der Waals surface area contributed by atoms with Crippen molar-refractivity contribution in [3.8, 4) is 0 Å². The van der Waals surface area contributed by atoms with Crippen molar-refractivity contribution in [3.05, 3.63) is 0 Å². The van der Waals surface area contributed by atoms with Crippen LogP contribution in [-0.4, -0.2) is 19.9 Å². The highest BCUT2D eigenvalue weighted by atomic mass is 32.2. The van der Waals surface area contributed by atoms with Crippen LogP contribution in [0.4, 0.5) is 0 Å². The lowest BCUT2D eigenvalue weighted by molar-refractivity contribution is 0.100. The fraction of sp³-hybridized carbons (Fsp3) is 1.00. The Morgan fingerprint density at radius 1 is 1.30 bits per heavy atom. The van der Waals surface area contributed by atoms with E-state index in [9.17, 15) is 8.42 Å². The third kappa shape index (κ3) is 0.797. The molecule has 1 aliphatic heterocycles. The summed E-state index contributed by atoms with van der Waals surface area (Å²) >= 11 is 0. The van der Waals surface area contributed by atoms with Crippen LogP contribution in [0.3, 0.4) is 0 Å². The molecule has 0 N–H and O–H groups in total. The highest BCUT2D eigenvalue weighted by molar-refractivity contribution is 7.92. The van der Waals surface area contributed by atoms with Gasteiger partial charge < -0.3 is 0 Å². The van der Waals surface area contributed by atoms with E-state index >= 15 is 0 Å². The van der Waals surface area contributed by atoms with Gasteiger partial charge in [-0.2, -0.15) is 0 Å².